The van der Waals surface area contributed by atoms with Crippen LogP contribution in [-0.2, 0) is 6.54 Å². The molecule has 4 rings (SSSR count). The van der Waals surface area contributed by atoms with Gasteiger partial charge in [-0.2, -0.15) is 0 Å². The second-order valence-corrected chi connectivity index (χ2v) is 6.09. The number of benzene rings is 3. The fourth-order valence-electron chi connectivity index (χ4n) is 3.08. The quantitative estimate of drug-likeness (QED) is 0.520. The zero-order valence-electron chi connectivity index (χ0n) is 14.2. The molecule has 3 heteroatoms. The maximum absolute atomic E-state index is 13.5. The Bertz CT molecular complexity index is 1020. The third-order valence-electron chi connectivity index (χ3n) is 4.38. The standard InChI is InChI=1S/C23H18N2O/c26-23(21-15-16-24-22-14-8-7-13-20(21)22)25(19-11-5-2-6-12-19)17-18-9-3-1-4-10-18/h1-16H,17H2. The third kappa shape index (κ3) is 3.20. The first-order valence-electron chi connectivity index (χ1n) is 8.57. The molecule has 0 aliphatic carbocycles. The average molecular weight is 338 g/mol. The number of carbonyl (C=O) groups is 1. The van der Waals surface area contributed by atoms with Crippen LogP contribution >= 0.6 is 0 Å². The van der Waals surface area contributed by atoms with E-state index in [9.17, 15) is 4.79 Å². The van der Waals surface area contributed by atoms with Crippen LogP contribution in [0.3, 0.4) is 0 Å². The molecular formula is C23H18N2O. The Kier molecular flexibility index (Phi) is 4.44. The fourth-order valence-corrected chi connectivity index (χ4v) is 3.08. The molecule has 0 saturated carbocycles. The zero-order valence-corrected chi connectivity index (χ0v) is 14.2. The van der Waals surface area contributed by atoms with Crippen molar-refractivity contribution >= 4 is 22.5 Å². The van der Waals surface area contributed by atoms with Crippen LogP contribution in [0.5, 0.6) is 0 Å². The Balaban J connectivity index is 1.79. The summed E-state index contributed by atoms with van der Waals surface area (Å²) >= 11 is 0. The molecule has 126 valence electrons. The number of nitrogens with zero attached hydrogens (tertiary/aromatic N) is 2. The van der Waals surface area contributed by atoms with Crippen LogP contribution in [0.15, 0.2) is 97.2 Å². The number of fused-ring (bicyclic) bond motifs is 1. The number of hydrogen-bond donors (Lipinski definition) is 0. The van der Waals surface area contributed by atoms with Crippen molar-refractivity contribution in [1.82, 2.24) is 4.98 Å². The van der Waals surface area contributed by atoms with Gasteiger partial charge in [-0.1, -0.05) is 66.7 Å². The minimum absolute atomic E-state index is 0.0290. The number of pyridine rings is 1. The Morgan fingerprint density at radius 1 is 0.769 bits per heavy atom. The highest BCUT2D eigenvalue weighted by atomic mass is 16.2. The van der Waals surface area contributed by atoms with Crippen molar-refractivity contribution in [3.05, 3.63) is 108 Å². The van der Waals surface area contributed by atoms with Crippen molar-refractivity contribution < 1.29 is 4.79 Å². The van der Waals surface area contributed by atoms with E-state index in [1.54, 1.807) is 12.3 Å². The van der Waals surface area contributed by atoms with Gasteiger partial charge in [0.1, 0.15) is 0 Å². The average Bonchev–Trinajstić information content (AvgIpc) is 2.72. The number of hydrogen-bond acceptors (Lipinski definition) is 2. The number of anilines is 1. The monoisotopic (exact) mass is 338 g/mol. The topological polar surface area (TPSA) is 33.2 Å². The lowest BCUT2D eigenvalue weighted by molar-refractivity contribution is 0.0986. The maximum atomic E-state index is 13.5. The van der Waals surface area contributed by atoms with Crippen LogP contribution in [0.2, 0.25) is 0 Å². The SMILES string of the molecule is O=C(c1ccnc2ccccc12)N(Cc1ccccc1)c1ccccc1. The van der Waals surface area contributed by atoms with E-state index in [0.717, 1.165) is 22.2 Å². The van der Waals surface area contributed by atoms with Crippen LogP contribution in [0.1, 0.15) is 15.9 Å². The van der Waals surface area contributed by atoms with Gasteiger partial charge in [0.05, 0.1) is 17.6 Å². The van der Waals surface area contributed by atoms with Crippen LogP contribution in [-0.4, -0.2) is 10.9 Å². The lowest BCUT2D eigenvalue weighted by Gasteiger charge is -2.23. The van der Waals surface area contributed by atoms with Crippen molar-refractivity contribution in [2.24, 2.45) is 0 Å². The molecule has 3 aromatic carbocycles. The molecule has 0 atom stereocenters. The van der Waals surface area contributed by atoms with E-state index in [-0.39, 0.29) is 5.91 Å². The van der Waals surface area contributed by atoms with E-state index in [1.807, 2.05) is 89.8 Å². The van der Waals surface area contributed by atoms with Gasteiger partial charge in [-0.15, -0.1) is 0 Å². The highest BCUT2D eigenvalue weighted by molar-refractivity contribution is 6.13. The Labute approximate surface area is 152 Å². The minimum Gasteiger partial charge on any atom is -0.304 e. The molecule has 0 aliphatic heterocycles. The second kappa shape index (κ2) is 7.19. The fraction of sp³-hybridized carbons (Fsp3) is 0.0435. The van der Waals surface area contributed by atoms with Crippen molar-refractivity contribution in [2.75, 3.05) is 4.90 Å². The van der Waals surface area contributed by atoms with Gasteiger partial charge in [-0.05, 0) is 29.8 Å². The first kappa shape index (κ1) is 16.0. The number of para-hydroxylation sites is 2. The lowest BCUT2D eigenvalue weighted by Crippen LogP contribution is -2.30. The van der Waals surface area contributed by atoms with Crippen LogP contribution in [0.25, 0.3) is 10.9 Å². The summed E-state index contributed by atoms with van der Waals surface area (Å²) < 4.78 is 0. The van der Waals surface area contributed by atoms with Crippen LogP contribution in [0, 0.1) is 0 Å². The molecule has 0 radical (unpaired) electrons. The number of amides is 1. The summed E-state index contributed by atoms with van der Waals surface area (Å²) in [5.41, 5.74) is 3.45. The molecule has 1 amide bonds. The Morgan fingerprint density at radius 3 is 2.19 bits per heavy atom. The molecule has 26 heavy (non-hydrogen) atoms. The molecule has 0 unspecified atom stereocenters. The van der Waals surface area contributed by atoms with E-state index < -0.39 is 0 Å². The predicted octanol–water partition coefficient (Wildman–Crippen LogP) is 5.08. The maximum Gasteiger partial charge on any atom is 0.259 e. The molecule has 0 saturated heterocycles. The van der Waals surface area contributed by atoms with Crippen molar-refractivity contribution in [3.63, 3.8) is 0 Å². The second-order valence-electron chi connectivity index (χ2n) is 6.09. The lowest BCUT2D eigenvalue weighted by atomic mass is 10.1. The molecule has 1 aromatic heterocycles. The van der Waals surface area contributed by atoms with E-state index >= 15 is 0 Å². The summed E-state index contributed by atoms with van der Waals surface area (Å²) in [6, 6.07) is 29.4. The van der Waals surface area contributed by atoms with E-state index in [0.29, 0.717) is 12.1 Å². The van der Waals surface area contributed by atoms with Gasteiger partial charge >= 0.3 is 0 Å². The number of carbonyl (C=O) groups excluding carboxylic acids is 1. The summed E-state index contributed by atoms with van der Waals surface area (Å²) in [4.78, 5) is 19.6. The molecule has 0 fully saturated rings. The van der Waals surface area contributed by atoms with Gasteiger partial charge in [0, 0.05) is 17.3 Å². The van der Waals surface area contributed by atoms with Gasteiger partial charge < -0.3 is 4.90 Å². The first-order valence-corrected chi connectivity index (χ1v) is 8.57. The number of rotatable bonds is 4. The molecule has 0 N–H and O–H groups in total. The summed E-state index contributed by atoms with van der Waals surface area (Å²) in [6.45, 7) is 0.514. The highest BCUT2D eigenvalue weighted by Gasteiger charge is 2.20. The Hall–Kier alpha value is -3.46. The summed E-state index contributed by atoms with van der Waals surface area (Å²) in [5, 5.41) is 0.869. The van der Waals surface area contributed by atoms with Gasteiger partial charge in [-0.3, -0.25) is 9.78 Å². The van der Waals surface area contributed by atoms with E-state index in [1.165, 1.54) is 0 Å². The van der Waals surface area contributed by atoms with E-state index in [2.05, 4.69) is 4.98 Å². The van der Waals surface area contributed by atoms with Gasteiger partial charge in [0.15, 0.2) is 0 Å². The first-order chi connectivity index (χ1) is 12.8. The normalized spacial score (nSPS) is 10.6. The van der Waals surface area contributed by atoms with Gasteiger partial charge in [-0.25, -0.2) is 0 Å². The molecule has 1 heterocycles. The summed E-state index contributed by atoms with van der Waals surface area (Å²) in [7, 11) is 0. The van der Waals surface area contributed by atoms with Crippen molar-refractivity contribution in [3.8, 4) is 0 Å². The predicted molar refractivity (Wildman–Crippen MR) is 105 cm³/mol. The van der Waals surface area contributed by atoms with Gasteiger partial charge in [0.25, 0.3) is 5.91 Å². The smallest absolute Gasteiger partial charge is 0.259 e. The largest absolute Gasteiger partial charge is 0.304 e. The van der Waals surface area contributed by atoms with E-state index in [4.69, 9.17) is 0 Å². The van der Waals surface area contributed by atoms with Crippen LogP contribution < -0.4 is 4.90 Å². The van der Waals surface area contributed by atoms with Crippen molar-refractivity contribution in [1.29, 1.82) is 0 Å². The van der Waals surface area contributed by atoms with Crippen molar-refractivity contribution in [2.45, 2.75) is 6.54 Å². The number of aromatic nitrogens is 1. The molecule has 0 bridgehead atoms. The Morgan fingerprint density at radius 2 is 1.42 bits per heavy atom. The summed E-state index contributed by atoms with van der Waals surface area (Å²) in [6.07, 6.45) is 1.70. The van der Waals surface area contributed by atoms with Crippen LogP contribution in [0.4, 0.5) is 5.69 Å². The summed E-state index contributed by atoms with van der Waals surface area (Å²) in [5.74, 6) is -0.0290. The molecule has 0 aliphatic rings. The third-order valence-corrected chi connectivity index (χ3v) is 4.38. The highest BCUT2D eigenvalue weighted by Crippen LogP contribution is 2.23. The molecule has 0 spiro atoms. The molecule has 3 nitrogen and oxygen atoms in total. The minimum atomic E-state index is -0.0290. The zero-order chi connectivity index (χ0) is 17.8. The molecular weight excluding hydrogens is 320 g/mol. The van der Waals surface area contributed by atoms with Gasteiger partial charge in [0.2, 0.25) is 0 Å². The molecule has 4 aromatic rings.